The first-order valence-electron chi connectivity index (χ1n) is 6.45. The number of rotatable bonds is 5. The third kappa shape index (κ3) is 3.46. The Bertz CT molecular complexity index is 159. The van der Waals surface area contributed by atoms with Crippen LogP contribution in [0.4, 0.5) is 0 Å². The van der Waals surface area contributed by atoms with E-state index >= 15 is 0 Å². The van der Waals surface area contributed by atoms with E-state index < -0.39 is 0 Å². The van der Waals surface area contributed by atoms with Crippen molar-refractivity contribution in [2.24, 2.45) is 5.92 Å². The Morgan fingerprint density at radius 1 is 1.13 bits per heavy atom. The molecule has 0 aromatic heterocycles. The first-order chi connectivity index (χ1) is 7.15. The standard InChI is InChI=1S/C13H26O2/c1-5-13(6-2,7-3)15-12-9-8-11(4)10-14-12/h11-12H,5-10H2,1-4H3. The van der Waals surface area contributed by atoms with Gasteiger partial charge in [0.25, 0.3) is 0 Å². The molecular formula is C13H26O2. The number of hydrogen-bond acceptors (Lipinski definition) is 2. The Labute approximate surface area is 94.3 Å². The van der Waals surface area contributed by atoms with Crippen LogP contribution < -0.4 is 0 Å². The molecule has 15 heavy (non-hydrogen) atoms. The van der Waals surface area contributed by atoms with Gasteiger partial charge in [0.2, 0.25) is 0 Å². The van der Waals surface area contributed by atoms with Crippen LogP contribution in [0.3, 0.4) is 0 Å². The molecule has 0 bridgehead atoms. The summed E-state index contributed by atoms with van der Waals surface area (Å²) in [5.74, 6) is 0.698. The molecule has 2 atom stereocenters. The molecule has 1 saturated heterocycles. The summed E-state index contributed by atoms with van der Waals surface area (Å²) in [6, 6.07) is 0. The van der Waals surface area contributed by atoms with E-state index in [2.05, 4.69) is 27.7 Å². The largest absolute Gasteiger partial charge is 0.352 e. The van der Waals surface area contributed by atoms with Gasteiger partial charge in [0, 0.05) is 0 Å². The average molecular weight is 214 g/mol. The molecule has 0 radical (unpaired) electrons. The second-order valence-electron chi connectivity index (χ2n) is 4.81. The van der Waals surface area contributed by atoms with Crippen molar-refractivity contribution >= 4 is 0 Å². The van der Waals surface area contributed by atoms with Gasteiger partial charge in [-0.1, -0.05) is 27.7 Å². The SMILES string of the molecule is CCC(CC)(CC)OC1CCC(C)CO1. The minimum atomic E-state index is 0.0426. The molecule has 2 heteroatoms. The van der Waals surface area contributed by atoms with Crippen LogP contribution in [0.15, 0.2) is 0 Å². The minimum Gasteiger partial charge on any atom is -0.352 e. The van der Waals surface area contributed by atoms with Crippen molar-refractivity contribution in [3.05, 3.63) is 0 Å². The van der Waals surface area contributed by atoms with Crippen molar-refractivity contribution in [3.63, 3.8) is 0 Å². The highest BCUT2D eigenvalue weighted by Crippen LogP contribution is 2.30. The minimum absolute atomic E-state index is 0.0426. The fourth-order valence-electron chi connectivity index (χ4n) is 2.23. The summed E-state index contributed by atoms with van der Waals surface area (Å²) in [7, 11) is 0. The van der Waals surface area contributed by atoms with Gasteiger partial charge in [0.15, 0.2) is 6.29 Å². The molecule has 2 unspecified atom stereocenters. The molecule has 1 aliphatic rings. The van der Waals surface area contributed by atoms with Crippen molar-refractivity contribution in [2.75, 3.05) is 6.61 Å². The van der Waals surface area contributed by atoms with Crippen LogP contribution in [0.1, 0.15) is 59.8 Å². The van der Waals surface area contributed by atoms with Crippen molar-refractivity contribution in [1.82, 2.24) is 0 Å². The topological polar surface area (TPSA) is 18.5 Å². The molecule has 1 rings (SSSR count). The molecule has 0 spiro atoms. The van der Waals surface area contributed by atoms with Gasteiger partial charge in [0.05, 0.1) is 12.2 Å². The summed E-state index contributed by atoms with van der Waals surface area (Å²) in [5.41, 5.74) is 0.0469. The van der Waals surface area contributed by atoms with Crippen molar-refractivity contribution < 1.29 is 9.47 Å². The maximum atomic E-state index is 6.15. The highest BCUT2D eigenvalue weighted by Gasteiger charge is 2.30. The summed E-state index contributed by atoms with van der Waals surface area (Å²) in [4.78, 5) is 0. The Hall–Kier alpha value is -0.0800. The lowest BCUT2D eigenvalue weighted by Crippen LogP contribution is -2.38. The Morgan fingerprint density at radius 2 is 1.73 bits per heavy atom. The maximum Gasteiger partial charge on any atom is 0.158 e. The van der Waals surface area contributed by atoms with Crippen LogP contribution in [0, 0.1) is 5.92 Å². The number of ether oxygens (including phenoxy) is 2. The Morgan fingerprint density at radius 3 is 2.13 bits per heavy atom. The quantitative estimate of drug-likeness (QED) is 0.694. The first-order valence-corrected chi connectivity index (χ1v) is 6.45. The van der Waals surface area contributed by atoms with Gasteiger partial charge in [-0.2, -0.15) is 0 Å². The van der Waals surface area contributed by atoms with Gasteiger partial charge < -0.3 is 9.47 Å². The van der Waals surface area contributed by atoms with E-state index in [-0.39, 0.29) is 11.9 Å². The predicted molar refractivity (Wildman–Crippen MR) is 62.8 cm³/mol. The van der Waals surface area contributed by atoms with E-state index in [1.165, 1.54) is 6.42 Å². The van der Waals surface area contributed by atoms with Crippen molar-refractivity contribution in [3.8, 4) is 0 Å². The third-order valence-electron chi connectivity index (χ3n) is 3.78. The monoisotopic (exact) mass is 214 g/mol. The molecule has 1 fully saturated rings. The van der Waals surface area contributed by atoms with Gasteiger partial charge in [-0.05, 0) is 38.0 Å². The summed E-state index contributed by atoms with van der Waals surface area (Å²) < 4.78 is 11.9. The van der Waals surface area contributed by atoms with E-state index in [9.17, 15) is 0 Å². The van der Waals surface area contributed by atoms with Crippen LogP contribution in [-0.2, 0) is 9.47 Å². The maximum absolute atomic E-state index is 6.15. The van der Waals surface area contributed by atoms with E-state index in [1.807, 2.05) is 0 Å². The van der Waals surface area contributed by atoms with E-state index in [4.69, 9.17) is 9.47 Å². The smallest absolute Gasteiger partial charge is 0.158 e. The Balaban J connectivity index is 2.44. The first kappa shape index (κ1) is 13.0. The van der Waals surface area contributed by atoms with Crippen molar-refractivity contribution in [1.29, 1.82) is 0 Å². The van der Waals surface area contributed by atoms with Crippen LogP contribution >= 0.6 is 0 Å². The fourth-order valence-corrected chi connectivity index (χ4v) is 2.23. The zero-order valence-electron chi connectivity index (χ0n) is 10.7. The predicted octanol–water partition coefficient (Wildman–Crippen LogP) is 3.74. The van der Waals surface area contributed by atoms with E-state index in [1.54, 1.807) is 0 Å². The molecule has 1 heterocycles. The van der Waals surface area contributed by atoms with Crippen LogP contribution in [0.25, 0.3) is 0 Å². The molecule has 2 nitrogen and oxygen atoms in total. The molecule has 0 N–H and O–H groups in total. The van der Waals surface area contributed by atoms with Crippen LogP contribution in [0.5, 0.6) is 0 Å². The molecule has 1 aliphatic heterocycles. The van der Waals surface area contributed by atoms with Gasteiger partial charge in [-0.25, -0.2) is 0 Å². The van der Waals surface area contributed by atoms with E-state index in [0.717, 1.165) is 32.3 Å². The summed E-state index contributed by atoms with van der Waals surface area (Å²) in [6.45, 7) is 9.72. The lowest BCUT2D eigenvalue weighted by atomic mass is 9.93. The third-order valence-corrected chi connectivity index (χ3v) is 3.78. The van der Waals surface area contributed by atoms with Crippen LogP contribution in [0.2, 0.25) is 0 Å². The van der Waals surface area contributed by atoms with Crippen LogP contribution in [-0.4, -0.2) is 18.5 Å². The Kier molecular flexibility index (Phi) is 5.07. The molecular weight excluding hydrogens is 188 g/mol. The molecule has 0 aromatic rings. The lowest BCUT2D eigenvalue weighted by molar-refractivity contribution is -0.235. The number of hydrogen-bond donors (Lipinski definition) is 0. The molecule has 0 saturated carbocycles. The summed E-state index contributed by atoms with van der Waals surface area (Å²) in [6.07, 6.45) is 5.57. The average Bonchev–Trinajstić information content (AvgIpc) is 2.29. The highest BCUT2D eigenvalue weighted by molar-refractivity contribution is 4.77. The molecule has 90 valence electrons. The lowest BCUT2D eigenvalue weighted by Gasteiger charge is -2.37. The second kappa shape index (κ2) is 5.86. The molecule has 0 amide bonds. The molecule has 0 aromatic carbocycles. The summed E-state index contributed by atoms with van der Waals surface area (Å²) in [5, 5.41) is 0. The van der Waals surface area contributed by atoms with Gasteiger partial charge in [0.1, 0.15) is 0 Å². The normalized spacial score (nSPS) is 28.0. The fraction of sp³-hybridized carbons (Fsp3) is 1.00. The van der Waals surface area contributed by atoms with Crippen molar-refractivity contribution in [2.45, 2.75) is 71.7 Å². The molecule has 0 aliphatic carbocycles. The zero-order valence-corrected chi connectivity index (χ0v) is 10.7. The van der Waals surface area contributed by atoms with Gasteiger partial charge in [-0.15, -0.1) is 0 Å². The van der Waals surface area contributed by atoms with Gasteiger partial charge in [-0.3, -0.25) is 0 Å². The highest BCUT2D eigenvalue weighted by atomic mass is 16.7. The second-order valence-corrected chi connectivity index (χ2v) is 4.81. The van der Waals surface area contributed by atoms with Gasteiger partial charge >= 0.3 is 0 Å². The zero-order chi connectivity index (χ0) is 11.3. The summed E-state index contributed by atoms with van der Waals surface area (Å²) >= 11 is 0. The van der Waals surface area contributed by atoms with E-state index in [0.29, 0.717) is 5.92 Å².